The molecule has 20 heavy (non-hydrogen) atoms. The predicted molar refractivity (Wildman–Crippen MR) is 85.1 cm³/mol. The molecule has 0 aromatic heterocycles. The highest BCUT2D eigenvalue weighted by Crippen LogP contribution is 2.32. The molecule has 3 fully saturated rings. The number of likely N-dealkylation sites (tertiary alicyclic amines) is 2. The van der Waals surface area contributed by atoms with Crippen LogP contribution in [0.5, 0.6) is 0 Å². The molecule has 3 saturated heterocycles. The van der Waals surface area contributed by atoms with Gasteiger partial charge >= 0.3 is 0 Å². The fourth-order valence-electron chi connectivity index (χ4n) is 5.07. The first-order valence-corrected chi connectivity index (χ1v) is 8.90. The summed E-state index contributed by atoms with van der Waals surface area (Å²) in [5.41, 5.74) is 0.447. The van der Waals surface area contributed by atoms with Crippen molar-refractivity contribution in [1.82, 2.24) is 15.1 Å². The Balaban J connectivity index is 1.58. The van der Waals surface area contributed by atoms with Crippen molar-refractivity contribution < 1.29 is 0 Å². The third kappa shape index (κ3) is 3.05. The van der Waals surface area contributed by atoms with E-state index in [2.05, 4.69) is 29.1 Å². The maximum absolute atomic E-state index is 3.85. The van der Waals surface area contributed by atoms with Crippen LogP contribution in [-0.4, -0.2) is 61.2 Å². The molecule has 1 N–H and O–H groups in total. The van der Waals surface area contributed by atoms with Crippen LogP contribution in [0.15, 0.2) is 0 Å². The summed E-state index contributed by atoms with van der Waals surface area (Å²) in [5, 5.41) is 3.85. The van der Waals surface area contributed by atoms with E-state index >= 15 is 0 Å². The maximum Gasteiger partial charge on any atom is 0.0309 e. The summed E-state index contributed by atoms with van der Waals surface area (Å²) in [7, 11) is 2.34. The van der Waals surface area contributed by atoms with E-state index in [1.54, 1.807) is 0 Å². The fourth-order valence-corrected chi connectivity index (χ4v) is 5.07. The van der Waals surface area contributed by atoms with Crippen molar-refractivity contribution in [2.45, 2.75) is 63.5 Å². The minimum atomic E-state index is 0.447. The molecule has 3 rings (SSSR count). The average molecular weight is 279 g/mol. The second-order valence-corrected chi connectivity index (χ2v) is 7.53. The van der Waals surface area contributed by atoms with E-state index in [0.717, 1.165) is 12.0 Å². The summed E-state index contributed by atoms with van der Waals surface area (Å²) in [5.74, 6) is 0.933. The first kappa shape index (κ1) is 14.8. The Morgan fingerprint density at radius 3 is 2.85 bits per heavy atom. The van der Waals surface area contributed by atoms with Crippen molar-refractivity contribution in [2.24, 2.45) is 5.92 Å². The second kappa shape index (κ2) is 6.33. The van der Waals surface area contributed by atoms with E-state index in [4.69, 9.17) is 0 Å². The van der Waals surface area contributed by atoms with Crippen LogP contribution in [0.4, 0.5) is 0 Å². The molecular weight excluding hydrogens is 246 g/mol. The highest BCUT2D eigenvalue weighted by Gasteiger charge is 2.39. The Morgan fingerprint density at radius 2 is 2.10 bits per heavy atom. The maximum atomic E-state index is 3.85. The molecule has 0 spiro atoms. The summed E-state index contributed by atoms with van der Waals surface area (Å²) < 4.78 is 0. The molecule has 3 heteroatoms. The van der Waals surface area contributed by atoms with Crippen molar-refractivity contribution in [3.05, 3.63) is 0 Å². The SMILES string of the molecule is CCCC1(CN2CCC3C(CCCN3C)C2)CCCN1. The molecule has 0 aliphatic carbocycles. The van der Waals surface area contributed by atoms with Gasteiger partial charge in [0.15, 0.2) is 0 Å². The lowest BCUT2D eigenvalue weighted by molar-refractivity contribution is 0.0267. The summed E-state index contributed by atoms with van der Waals surface area (Å²) in [4.78, 5) is 5.41. The number of hydrogen-bond acceptors (Lipinski definition) is 3. The molecule has 3 aliphatic heterocycles. The van der Waals surface area contributed by atoms with E-state index in [9.17, 15) is 0 Å². The van der Waals surface area contributed by atoms with Crippen LogP contribution in [0.1, 0.15) is 51.9 Å². The predicted octanol–water partition coefficient (Wildman–Crippen LogP) is 2.32. The van der Waals surface area contributed by atoms with Crippen LogP contribution in [0.2, 0.25) is 0 Å². The lowest BCUT2D eigenvalue weighted by Gasteiger charge is -2.48. The van der Waals surface area contributed by atoms with Gasteiger partial charge in [-0.3, -0.25) is 0 Å². The highest BCUT2D eigenvalue weighted by atomic mass is 15.2. The van der Waals surface area contributed by atoms with Gasteiger partial charge < -0.3 is 15.1 Å². The number of hydrogen-bond donors (Lipinski definition) is 1. The molecule has 0 radical (unpaired) electrons. The van der Waals surface area contributed by atoms with Gasteiger partial charge in [0, 0.05) is 24.7 Å². The van der Waals surface area contributed by atoms with Gasteiger partial charge in [-0.05, 0) is 71.1 Å². The number of fused-ring (bicyclic) bond motifs is 1. The Bertz CT molecular complexity index is 311. The van der Waals surface area contributed by atoms with E-state index < -0.39 is 0 Å². The summed E-state index contributed by atoms with van der Waals surface area (Å²) >= 11 is 0. The number of rotatable bonds is 4. The van der Waals surface area contributed by atoms with Crippen LogP contribution in [0, 0.1) is 5.92 Å². The van der Waals surface area contributed by atoms with Gasteiger partial charge in [0.25, 0.3) is 0 Å². The van der Waals surface area contributed by atoms with Crippen molar-refractivity contribution in [3.63, 3.8) is 0 Å². The molecule has 0 bridgehead atoms. The monoisotopic (exact) mass is 279 g/mol. The van der Waals surface area contributed by atoms with Crippen LogP contribution in [0.3, 0.4) is 0 Å². The molecule has 3 atom stereocenters. The van der Waals surface area contributed by atoms with E-state index in [1.807, 2.05) is 0 Å². The molecule has 0 aromatic rings. The van der Waals surface area contributed by atoms with Gasteiger partial charge in [0.05, 0.1) is 0 Å². The molecule has 0 aromatic carbocycles. The van der Waals surface area contributed by atoms with E-state index in [1.165, 1.54) is 77.7 Å². The van der Waals surface area contributed by atoms with Gasteiger partial charge in [-0.2, -0.15) is 0 Å². The lowest BCUT2D eigenvalue weighted by atomic mass is 9.83. The Labute approximate surface area is 125 Å². The van der Waals surface area contributed by atoms with Gasteiger partial charge in [0.2, 0.25) is 0 Å². The first-order valence-electron chi connectivity index (χ1n) is 8.90. The third-order valence-electron chi connectivity index (χ3n) is 6.02. The molecule has 116 valence electrons. The molecule has 0 saturated carbocycles. The fraction of sp³-hybridized carbons (Fsp3) is 1.00. The van der Waals surface area contributed by atoms with Crippen molar-refractivity contribution in [2.75, 3.05) is 39.8 Å². The zero-order chi connectivity index (χ0) is 14.0. The molecule has 3 unspecified atom stereocenters. The van der Waals surface area contributed by atoms with Gasteiger partial charge in [-0.1, -0.05) is 13.3 Å². The van der Waals surface area contributed by atoms with E-state index in [-0.39, 0.29) is 0 Å². The van der Waals surface area contributed by atoms with Crippen molar-refractivity contribution >= 4 is 0 Å². The number of piperidine rings is 2. The van der Waals surface area contributed by atoms with Crippen molar-refractivity contribution in [1.29, 1.82) is 0 Å². The Hall–Kier alpha value is -0.120. The molecular formula is C17H33N3. The molecule has 3 nitrogen and oxygen atoms in total. The van der Waals surface area contributed by atoms with Crippen LogP contribution in [-0.2, 0) is 0 Å². The number of nitrogens with zero attached hydrogens (tertiary/aromatic N) is 2. The summed E-state index contributed by atoms with van der Waals surface area (Å²) in [6.45, 7) is 8.86. The first-order chi connectivity index (χ1) is 9.72. The minimum absolute atomic E-state index is 0.447. The highest BCUT2D eigenvalue weighted by molar-refractivity contribution is 4.98. The zero-order valence-electron chi connectivity index (χ0n) is 13.5. The Kier molecular flexibility index (Phi) is 4.68. The number of nitrogens with one attached hydrogen (secondary N) is 1. The molecule has 3 aliphatic rings. The molecule has 0 amide bonds. The standard InChI is InChI=1S/C17H33N3/c1-3-8-17(9-5-10-18-17)14-20-12-7-16-15(13-20)6-4-11-19(16)2/h15-16,18H,3-14H2,1-2H3. The quantitative estimate of drug-likeness (QED) is 0.852. The van der Waals surface area contributed by atoms with Gasteiger partial charge in [-0.15, -0.1) is 0 Å². The molecule has 3 heterocycles. The Morgan fingerprint density at radius 1 is 1.20 bits per heavy atom. The zero-order valence-corrected chi connectivity index (χ0v) is 13.5. The van der Waals surface area contributed by atoms with Crippen LogP contribution >= 0.6 is 0 Å². The van der Waals surface area contributed by atoms with Crippen LogP contribution in [0.25, 0.3) is 0 Å². The summed E-state index contributed by atoms with van der Waals surface area (Å²) in [6.07, 6.45) is 9.70. The summed E-state index contributed by atoms with van der Waals surface area (Å²) in [6, 6.07) is 0.874. The lowest BCUT2D eigenvalue weighted by Crippen LogP contribution is -2.57. The topological polar surface area (TPSA) is 18.5 Å². The van der Waals surface area contributed by atoms with Gasteiger partial charge in [-0.25, -0.2) is 0 Å². The normalized spacial score (nSPS) is 39.9. The smallest absolute Gasteiger partial charge is 0.0309 e. The second-order valence-electron chi connectivity index (χ2n) is 7.53. The van der Waals surface area contributed by atoms with E-state index in [0.29, 0.717) is 5.54 Å². The third-order valence-corrected chi connectivity index (χ3v) is 6.02. The minimum Gasteiger partial charge on any atom is -0.310 e. The van der Waals surface area contributed by atoms with Crippen molar-refractivity contribution in [3.8, 4) is 0 Å². The van der Waals surface area contributed by atoms with Crippen LogP contribution < -0.4 is 5.32 Å². The average Bonchev–Trinajstić information content (AvgIpc) is 2.88. The largest absolute Gasteiger partial charge is 0.310 e. The van der Waals surface area contributed by atoms with Gasteiger partial charge in [0.1, 0.15) is 0 Å².